The standard InChI is InChI=1S/C17H19NO2S/c1-2-13-3-5-15(6-4-13)20-12-17(19)18-9-7-16-14(11-18)8-10-21-16/h3-6,8,10H,2,7,9,11-12H2,1H3. The van der Waals surface area contributed by atoms with Crippen LogP contribution < -0.4 is 4.74 Å². The zero-order valence-electron chi connectivity index (χ0n) is 12.2. The second-order valence-electron chi connectivity index (χ2n) is 5.22. The number of carbonyl (C=O) groups excluding carboxylic acids is 1. The number of fused-ring (bicyclic) bond motifs is 1. The Balaban J connectivity index is 1.54. The molecule has 1 aromatic heterocycles. The molecule has 0 aliphatic carbocycles. The summed E-state index contributed by atoms with van der Waals surface area (Å²) in [6, 6.07) is 10.1. The molecule has 21 heavy (non-hydrogen) atoms. The summed E-state index contributed by atoms with van der Waals surface area (Å²) >= 11 is 1.78. The molecule has 0 saturated heterocycles. The number of thiophene rings is 1. The van der Waals surface area contributed by atoms with Gasteiger partial charge in [-0.25, -0.2) is 0 Å². The Labute approximate surface area is 129 Å². The first-order valence-electron chi connectivity index (χ1n) is 7.31. The van der Waals surface area contributed by atoms with E-state index in [0.29, 0.717) is 0 Å². The molecule has 1 aliphatic rings. The molecule has 3 nitrogen and oxygen atoms in total. The predicted octanol–water partition coefficient (Wildman–Crippen LogP) is 3.27. The lowest BCUT2D eigenvalue weighted by Gasteiger charge is -2.27. The lowest BCUT2D eigenvalue weighted by Crippen LogP contribution is -2.38. The van der Waals surface area contributed by atoms with E-state index in [0.717, 1.165) is 31.7 Å². The average molecular weight is 301 g/mol. The molecule has 0 saturated carbocycles. The van der Waals surface area contributed by atoms with Gasteiger partial charge in [-0.2, -0.15) is 0 Å². The number of nitrogens with zero attached hydrogens (tertiary/aromatic N) is 1. The highest BCUT2D eigenvalue weighted by molar-refractivity contribution is 7.10. The van der Waals surface area contributed by atoms with Crippen molar-refractivity contribution < 1.29 is 9.53 Å². The molecule has 0 N–H and O–H groups in total. The monoisotopic (exact) mass is 301 g/mol. The Bertz CT molecular complexity index is 618. The van der Waals surface area contributed by atoms with E-state index in [1.165, 1.54) is 16.0 Å². The van der Waals surface area contributed by atoms with E-state index in [-0.39, 0.29) is 12.5 Å². The number of benzene rings is 1. The van der Waals surface area contributed by atoms with Gasteiger partial charge in [-0.05, 0) is 47.5 Å². The van der Waals surface area contributed by atoms with Gasteiger partial charge in [0, 0.05) is 18.0 Å². The Morgan fingerprint density at radius 2 is 2.10 bits per heavy atom. The summed E-state index contributed by atoms with van der Waals surface area (Å²) in [5, 5.41) is 2.10. The lowest BCUT2D eigenvalue weighted by atomic mass is 10.1. The van der Waals surface area contributed by atoms with E-state index in [2.05, 4.69) is 18.4 Å². The Morgan fingerprint density at radius 1 is 1.29 bits per heavy atom. The van der Waals surface area contributed by atoms with E-state index in [4.69, 9.17) is 4.74 Å². The molecule has 3 rings (SSSR count). The minimum atomic E-state index is 0.0615. The molecule has 0 fully saturated rings. The molecule has 110 valence electrons. The molecule has 1 aromatic carbocycles. The van der Waals surface area contributed by atoms with Crippen molar-refractivity contribution in [3.63, 3.8) is 0 Å². The van der Waals surface area contributed by atoms with Crippen LogP contribution in [0.5, 0.6) is 5.75 Å². The van der Waals surface area contributed by atoms with Gasteiger partial charge >= 0.3 is 0 Å². The summed E-state index contributed by atoms with van der Waals surface area (Å²) in [4.78, 5) is 15.5. The summed E-state index contributed by atoms with van der Waals surface area (Å²) in [6.45, 7) is 3.75. The second-order valence-corrected chi connectivity index (χ2v) is 6.22. The maximum Gasteiger partial charge on any atom is 0.260 e. The van der Waals surface area contributed by atoms with Crippen molar-refractivity contribution in [2.45, 2.75) is 26.3 Å². The van der Waals surface area contributed by atoms with E-state index >= 15 is 0 Å². The van der Waals surface area contributed by atoms with Crippen LogP contribution >= 0.6 is 11.3 Å². The summed E-state index contributed by atoms with van der Waals surface area (Å²) < 4.78 is 5.60. The first-order chi connectivity index (χ1) is 10.3. The van der Waals surface area contributed by atoms with Crippen LogP contribution in [-0.2, 0) is 24.2 Å². The van der Waals surface area contributed by atoms with E-state index < -0.39 is 0 Å². The van der Waals surface area contributed by atoms with Gasteiger partial charge < -0.3 is 9.64 Å². The normalized spacial score (nSPS) is 13.9. The number of amides is 1. The molecule has 1 aliphatic heterocycles. The smallest absolute Gasteiger partial charge is 0.260 e. The van der Waals surface area contributed by atoms with Gasteiger partial charge in [0.1, 0.15) is 5.75 Å². The number of ether oxygens (including phenoxy) is 1. The predicted molar refractivity (Wildman–Crippen MR) is 84.8 cm³/mol. The minimum Gasteiger partial charge on any atom is -0.484 e. The lowest BCUT2D eigenvalue weighted by molar-refractivity contribution is -0.134. The maximum absolute atomic E-state index is 12.2. The second kappa shape index (κ2) is 6.31. The van der Waals surface area contributed by atoms with Crippen molar-refractivity contribution in [3.05, 3.63) is 51.7 Å². The molecule has 0 bridgehead atoms. The Kier molecular flexibility index (Phi) is 4.25. The first-order valence-corrected chi connectivity index (χ1v) is 8.19. The topological polar surface area (TPSA) is 29.5 Å². The van der Waals surface area contributed by atoms with Crippen molar-refractivity contribution >= 4 is 17.2 Å². The number of carbonyl (C=O) groups is 1. The van der Waals surface area contributed by atoms with Crippen LogP contribution in [0, 0.1) is 0 Å². The Hall–Kier alpha value is -1.81. The van der Waals surface area contributed by atoms with Crippen LogP contribution in [0.15, 0.2) is 35.7 Å². The highest BCUT2D eigenvalue weighted by Crippen LogP contribution is 2.24. The fourth-order valence-electron chi connectivity index (χ4n) is 2.52. The quantitative estimate of drug-likeness (QED) is 0.867. The third kappa shape index (κ3) is 3.27. The summed E-state index contributed by atoms with van der Waals surface area (Å²) in [7, 11) is 0. The van der Waals surface area contributed by atoms with Crippen LogP contribution in [-0.4, -0.2) is 24.0 Å². The van der Waals surface area contributed by atoms with Gasteiger partial charge in [-0.15, -0.1) is 11.3 Å². The van der Waals surface area contributed by atoms with Gasteiger partial charge in [0.25, 0.3) is 5.91 Å². The van der Waals surface area contributed by atoms with Gasteiger partial charge in [-0.1, -0.05) is 19.1 Å². The number of hydrogen-bond donors (Lipinski definition) is 0. The van der Waals surface area contributed by atoms with E-state index in [9.17, 15) is 4.79 Å². The first kappa shape index (κ1) is 14.1. The van der Waals surface area contributed by atoms with Crippen LogP contribution in [0.4, 0.5) is 0 Å². The number of hydrogen-bond acceptors (Lipinski definition) is 3. The van der Waals surface area contributed by atoms with Crippen LogP contribution in [0.3, 0.4) is 0 Å². The van der Waals surface area contributed by atoms with Crippen molar-refractivity contribution in [2.75, 3.05) is 13.2 Å². The summed E-state index contributed by atoms with van der Waals surface area (Å²) in [5.74, 6) is 0.820. The number of aryl methyl sites for hydroxylation is 1. The molecule has 0 atom stereocenters. The molecule has 2 heterocycles. The van der Waals surface area contributed by atoms with Gasteiger partial charge in [-0.3, -0.25) is 4.79 Å². The highest BCUT2D eigenvalue weighted by atomic mass is 32.1. The van der Waals surface area contributed by atoms with E-state index in [1.807, 2.05) is 29.2 Å². The van der Waals surface area contributed by atoms with Crippen LogP contribution in [0.25, 0.3) is 0 Å². The maximum atomic E-state index is 12.2. The largest absolute Gasteiger partial charge is 0.484 e. The fraction of sp³-hybridized carbons (Fsp3) is 0.353. The molecule has 0 spiro atoms. The summed E-state index contributed by atoms with van der Waals surface area (Å²) in [6.07, 6.45) is 1.97. The molecular weight excluding hydrogens is 282 g/mol. The molecule has 2 aromatic rings. The molecule has 0 radical (unpaired) electrons. The Morgan fingerprint density at radius 3 is 2.86 bits per heavy atom. The van der Waals surface area contributed by atoms with Crippen molar-refractivity contribution in [3.8, 4) is 5.75 Å². The van der Waals surface area contributed by atoms with Crippen LogP contribution in [0.1, 0.15) is 22.9 Å². The molecule has 0 unspecified atom stereocenters. The van der Waals surface area contributed by atoms with E-state index in [1.54, 1.807) is 11.3 Å². The summed E-state index contributed by atoms with van der Waals surface area (Å²) in [5.41, 5.74) is 2.56. The third-order valence-corrected chi connectivity index (χ3v) is 4.88. The molecular formula is C17H19NO2S. The van der Waals surface area contributed by atoms with Crippen molar-refractivity contribution in [1.29, 1.82) is 0 Å². The van der Waals surface area contributed by atoms with Crippen molar-refractivity contribution in [2.24, 2.45) is 0 Å². The van der Waals surface area contributed by atoms with Gasteiger partial charge in [0.2, 0.25) is 0 Å². The highest BCUT2D eigenvalue weighted by Gasteiger charge is 2.21. The van der Waals surface area contributed by atoms with Crippen LogP contribution in [0.2, 0.25) is 0 Å². The zero-order chi connectivity index (χ0) is 14.7. The minimum absolute atomic E-state index is 0.0615. The zero-order valence-corrected chi connectivity index (χ0v) is 13.0. The fourth-order valence-corrected chi connectivity index (χ4v) is 3.41. The average Bonchev–Trinajstić information content (AvgIpc) is 3.00. The number of rotatable bonds is 4. The molecule has 1 amide bonds. The molecule has 4 heteroatoms. The third-order valence-electron chi connectivity index (χ3n) is 3.85. The van der Waals surface area contributed by atoms with Crippen molar-refractivity contribution in [1.82, 2.24) is 4.90 Å². The van der Waals surface area contributed by atoms with Gasteiger partial charge in [0.15, 0.2) is 6.61 Å². The van der Waals surface area contributed by atoms with Gasteiger partial charge in [0.05, 0.1) is 0 Å². The SMILES string of the molecule is CCc1ccc(OCC(=O)N2CCc3sccc3C2)cc1.